The molecule has 1 aromatic rings. The van der Waals surface area contributed by atoms with Crippen molar-refractivity contribution in [3.63, 3.8) is 0 Å². The summed E-state index contributed by atoms with van der Waals surface area (Å²) in [6.45, 7) is 1.79. The van der Waals surface area contributed by atoms with E-state index in [9.17, 15) is 5.26 Å². The Balaban J connectivity index is 1.91. The predicted molar refractivity (Wildman–Crippen MR) is 80.0 cm³/mol. The summed E-state index contributed by atoms with van der Waals surface area (Å²) in [6.07, 6.45) is 7.39. The van der Waals surface area contributed by atoms with Crippen LogP contribution < -0.4 is 0 Å². The lowest BCUT2D eigenvalue weighted by Crippen LogP contribution is -2.40. The number of halogens is 2. The molecule has 1 aliphatic heterocycles. The summed E-state index contributed by atoms with van der Waals surface area (Å²) in [5.41, 5.74) is 2.51. The van der Waals surface area contributed by atoms with Gasteiger partial charge in [-0.2, -0.15) is 5.26 Å². The van der Waals surface area contributed by atoms with E-state index >= 15 is 0 Å². The highest BCUT2D eigenvalue weighted by atomic mass is 35.5. The van der Waals surface area contributed by atoms with Gasteiger partial charge in [0.25, 0.3) is 0 Å². The third-order valence-corrected chi connectivity index (χ3v) is 5.12. The molecule has 1 aromatic heterocycles. The average Bonchev–Trinajstić information content (AvgIpc) is 2.48. The summed E-state index contributed by atoms with van der Waals surface area (Å²) >= 11 is 12.2. The van der Waals surface area contributed by atoms with Crippen LogP contribution >= 0.6 is 23.2 Å². The highest BCUT2D eigenvalue weighted by molar-refractivity contribution is 6.33. The van der Waals surface area contributed by atoms with Crippen molar-refractivity contribution in [2.24, 2.45) is 0 Å². The fourth-order valence-corrected chi connectivity index (χ4v) is 4.02. The van der Waals surface area contributed by atoms with Gasteiger partial charge in [0.15, 0.2) is 0 Å². The minimum absolute atomic E-state index is 0.238. The van der Waals surface area contributed by atoms with Crippen LogP contribution in [0.3, 0.4) is 0 Å². The number of rotatable bonds is 1. The largest absolute Gasteiger partial charge is 0.296 e. The van der Waals surface area contributed by atoms with E-state index in [0.29, 0.717) is 16.8 Å². The molecule has 0 saturated heterocycles. The Morgan fingerprint density at radius 2 is 1.85 bits per heavy atom. The van der Waals surface area contributed by atoms with E-state index in [1.54, 1.807) is 0 Å². The van der Waals surface area contributed by atoms with Gasteiger partial charge < -0.3 is 0 Å². The van der Waals surface area contributed by atoms with Gasteiger partial charge >= 0.3 is 0 Å². The van der Waals surface area contributed by atoms with Crippen LogP contribution in [0.2, 0.25) is 10.3 Å². The Labute approximate surface area is 129 Å². The first-order valence-corrected chi connectivity index (χ1v) is 7.97. The minimum atomic E-state index is 0.238. The van der Waals surface area contributed by atoms with E-state index < -0.39 is 0 Å². The van der Waals surface area contributed by atoms with Gasteiger partial charge in [-0.15, -0.1) is 0 Å². The van der Waals surface area contributed by atoms with Crippen molar-refractivity contribution >= 4 is 23.2 Å². The molecular weight excluding hydrogens is 293 g/mol. The van der Waals surface area contributed by atoms with Gasteiger partial charge in [0.2, 0.25) is 0 Å². The molecule has 0 bridgehead atoms. The molecule has 0 radical (unpaired) electrons. The molecule has 1 fully saturated rings. The fourth-order valence-electron chi connectivity index (χ4n) is 3.45. The molecule has 0 amide bonds. The van der Waals surface area contributed by atoms with Crippen molar-refractivity contribution in [1.82, 2.24) is 9.88 Å². The zero-order valence-corrected chi connectivity index (χ0v) is 12.8. The van der Waals surface area contributed by atoms with Crippen LogP contribution in [-0.4, -0.2) is 22.5 Å². The Morgan fingerprint density at radius 3 is 2.55 bits per heavy atom. The quantitative estimate of drug-likeness (QED) is 0.737. The lowest BCUT2D eigenvalue weighted by atomic mass is 9.90. The number of hydrogen-bond acceptors (Lipinski definition) is 3. The van der Waals surface area contributed by atoms with Gasteiger partial charge in [-0.1, -0.05) is 42.5 Å². The first kappa shape index (κ1) is 14.1. The lowest BCUT2D eigenvalue weighted by molar-refractivity contribution is 0.141. The molecule has 1 saturated carbocycles. The Kier molecular flexibility index (Phi) is 4.16. The maximum Gasteiger partial charge on any atom is 0.148 e. The summed E-state index contributed by atoms with van der Waals surface area (Å²) < 4.78 is 0. The van der Waals surface area contributed by atoms with Crippen molar-refractivity contribution in [3.05, 3.63) is 27.0 Å². The normalized spacial score (nSPS) is 20.4. The topological polar surface area (TPSA) is 39.9 Å². The van der Waals surface area contributed by atoms with Crippen LogP contribution in [0.15, 0.2) is 0 Å². The first-order chi connectivity index (χ1) is 9.70. The average molecular weight is 310 g/mol. The lowest BCUT2D eigenvalue weighted by Gasteiger charge is -2.38. The van der Waals surface area contributed by atoms with E-state index in [0.717, 1.165) is 30.6 Å². The number of pyridine rings is 1. The third-order valence-electron chi connectivity index (χ3n) is 4.53. The van der Waals surface area contributed by atoms with Crippen LogP contribution in [0.5, 0.6) is 0 Å². The van der Waals surface area contributed by atoms with Crippen molar-refractivity contribution in [1.29, 1.82) is 5.26 Å². The summed E-state index contributed by atoms with van der Waals surface area (Å²) in [4.78, 5) is 6.58. The molecule has 0 spiro atoms. The van der Waals surface area contributed by atoms with Gasteiger partial charge in [0, 0.05) is 19.1 Å². The van der Waals surface area contributed by atoms with E-state index in [2.05, 4.69) is 16.0 Å². The highest BCUT2D eigenvalue weighted by Crippen LogP contribution is 2.34. The second kappa shape index (κ2) is 5.89. The molecule has 1 aliphatic carbocycles. The number of aromatic nitrogens is 1. The zero-order valence-electron chi connectivity index (χ0n) is 11.3. The molecule has 0 N–H and O–H groups in total. The van der Waals surface area contributed by atoms with E-state index in [1.165, 1.54) is 32.1 Å². The minimum Gasteiger partial charge on any atom is -0.296 e. The molecule has 3 nitrogen and oxygen atoms in total. The number of fused-ring (bicyclic) bond motifs is 1. The van der Waals surface area contributed by atoms with Gasteiger partial charge in [-0.25, -0.2) is 4.98 Å². The SMILES string of the molecule is N#Cc1c(Cl)nc(Cl)c2c1CN(C1CCCCC1)CC2. The van der Waals surface area contributed by atoms with Crippen molar-refractivity contribution in [2.75, 3.05) is 6.54 Å². The summed E-state index contributed by atoms with van der Waals surface area (Å²) in [7, 11) is 0. The molecule has 0 unspecified atom stereocenters. The van der Waals surface area contributed by atoms with Crippen molar-refractivity contribution in [3.8, 4) is 6.07 Å². The molecule has 3 rings (SSSR count). The van der Waals surface area contributed by atoms with Gasteiger partial charge in [-0.05, 0) is 30.4 Å². The van der Waals surface area contributed by atoms with E-state index in [-0.39, 0.29) is 5.15 Å². The van der Waals surface area contributed by atoms with Gasteiger partial charge in [0.05, 0.1) is 5.56 Å². The van der Waals surface area contributed by atoms with E-state index in [1.807, 2.05) is 0 Å². The second-order valence-electron chi connectivity index (χ2n) is 5.65. The fraction of sp³-hybridized carbons (Fsp3) is 0.600. The van der Waals surface area contributed by atoms with Gasteiger partial charge in [0.1, 0.15) is 16.4 Å². The van der Waals surface area contributed by atoms with Crippen LogP contribution in [0, 0.1) is 11.3 Å². The molecular formula is C15H17Cl2N3. The first-order valence-electron chi connectivity index (χ1n) is 7.21. The standard InChI is InChI=1S/C15H17Cl2N3/c16-14-11-6-7-20(10-4-2-1-3-5-10)9-13(11)12(8-18)15(17)19-14/h10H,1-7,9H2. The number of hydrogen-bond donors (Lipinski definition) is 0. The smallest absolute Gasteiger partial charge is 0.148 e. The number of nitrogens with zero attached hydrogens (tertiary/aromatic N) is 3. The zero-order chi connectivity index (χ0) is 14.1. The maximum atomic E-state index is 9.33. The van der Waals surface area contributed by atoms with Crippen molar-refractivity contribution in [2.45, 2.75) is 51.1 Å². The molecule has 106 valence electrons. The monoisotopic (exact) mass is 309 g/mol. The molecule has 0 atom stereocenters. The highest BCUT2D eigenvalue weighted by Gasteiger charge is 2.29. The summed E-state index contributed by atoms with van der Waals surface area (Å²) in [6, 6.07) is 2.84. The molecule has 0 aromatic carbocycles. The molecule has 2 aliphatic rings. The predicted octanol–water partition coefficient (Wildman–Crippen LogP) is 3.95. The Bertz CT molecular complexity index is 559. The number of nitriles is 1. The van der Waals surface area contributed by atoms with E-state index in [4.69, 9.17) is 23.2 Å². The molecule has 2 heterocycles. The molecule has 5 heteroatoms. The van der Waals surface area contributed by atoms with Crippen LogP contribution in [0.1, 0.15) is 48.8 Å². The summed E-state index contributed by atoms with van der Waals surface area (Å²) in [5, 5.41) is 10.0. The molecule has 20 heavy (non-hydrogen) atoms. The maximum absolute atomic E-state index is 9.33. The Morgan fingerprint density at radius 1 is 1.10 bits per heavy atom. The van der Waals surface area contributed by atoms with Gasteiger partial charge in [-0.3, -0.25) is 4.90 Å². The third kappa shape index (κ3) is 2.53. The van der Waals surface area contributed by atoms with Crippen LogP contribution in [-0.2, 0) is 13.0 Å². The second-order valence-corrected chi connectivity index (χ2v) is 6.37. The Hall–Kier alpha value is -0.820. The van der Waals surface area contributed by atoms with Crippen LogP contribution in [0.25, 0.3) is 0 Å². The van der Waals surface area contributed by atoms with Crippen molar-refractivity contribution < 1.29 is 0 Å². The van der Waals surface area contributed by atoms with Crippen LogP contribution in [0.4, 0.5) is 0 Å². The summed E-state index contributed by atoms with van der Waals surface area (Å²) in [5.74, 6) is 0.